The Morgan fingerprint density at radius 2 is 1.61 bits per heavy atom. The molecule has 0 aliphatic carbocycles. The van der Waals surface area contributed by atoms with Crippen LogP contribution in [0, 0.1) is 0 Å². The zero-order valence-corrected chi connectivity index (χ0v) is 17.9. The Kier molecular flexibility index (Phi) is 6.46. The van der Waals surface area contributed by atoms with E-state index in [0.717, 1.165) is 24.9 Å². The fourth-order valence-corrected chi connectivity index (χ4v) is 4.14. The monoisotopic (exact) mass is 416 g/mol. The number of likely N-dealkylation sites (tertiary alicyclic amines) is 1. The summed E-state index contributed by atoms with van der Waals surface area (Å²) in [7, 11) is 0. The van der Waals surface area contributed by atoms with Crippen molar-refractivity contribution in [2.75, 3.05) is 19.6 Å². The molecule has 0 radical (unpaired) electrons. The van der Waals surface area contributed by atoms with Crippen LogP contribution in [0.25, 0.3) is 5.69 Å². The SMILES string of the molecule is CCCN(C(=O)c1ccn(-c2ccccc2)n1)C1CCN(C(=O)c2ccccc2)CC1. The lowest BCUT2D eigenvalue weighted by atomic mass is 10.0. The van der Waals surface area contributed by atoms with E-state index in [1.165, 1.54) is 0 Å². The molecule has 6 nitrogen and oxygen atoms in total. The molecular formula is C25H28N4O2. The second-order valence-corrected chi connectivity index (χ2v) is 7.87. The van der Waals surface area contributed by atoms with E-state index in [4.69, 9.17) is 0 Å². The molecule has 1 saturated heterocycles. The summed E-state index contributed by atoms with van der Waals surface area (Å²) < 4.78 is 1.73. The van der Waals surface area contributed by atoms with Gasteiger partial charge in [-0.3, -0.25) is 9.59 Å². The maximum atomic E-state index is 13.3. The van der Waals surface area contributed by atoms with Crippen molar-refractivity contribution >= 4 is 11.8 Å². The molecule has 1 aliphatic heterocycles. The minimum atomic E-state index is -0.0376. The van der Waals surface area contributed by atoms with E-state index in [1.807, 2.05) is 76.7 Å². The Morgan fingerprint density at radius 3 is 2.26 bits per heavy atom. The summed E-state index contributed by atoms with van der Waals surface area (Å²) in [5.74, 6) is 0.0263. The first-order chi connectivity index (χ1) is 15.2. The van der Waals surface area contributed by atoms with E-state index < -0.39 is 0 Å². The Bertz CT molecular complexity index is 1010. The first kappa shape index (κ1) is 20.8. The Hall–Kier alpha value is -3.41. The average Bonchev–Trinajstić information content (AvgIpc) is 3.33. The quantitative estimate of drug-likeness (QED) is 0.610. The number of hydrogen-bond donors (Lipinski definition) is 0. The Morgan fingerprint density at radius 1 is 0.968 bits per heavy atom. The molecule has 160 valence electrons. The van der Waals surface area contributed by atoms with Gasteiger partial charge in [0.25, 0.3) is 11.8 Å². The number of aromatic nitrogens is 2. The highest BCUT2D eigenvalue weighted by atomic mass is 16.2. The van der Waals surface area contributed by atoms with Crippen molar-refractivity contribution in [1.82, 2.24) is 19.6 Å². The van der Waals surface area contributed by atoms with E-state index >= 15 is 0 Å². The molecule has 1 aromatic heterocycles. The van der Waals surface area contributed by atoms with Crippen molar-refractivity contribution in [3.05, 3.63) is 84.2 Å². The van der Waals surface area contributed by atoms with E-state index in [0.29, 0.717) is 30.9 Å². The minimum Gasteiger partial charge on any atom is -0.338 e. The molecule has 3 aromatic rings. The van der Waals surface area contributed by atoms with Crippen LogP contribution < -0.4 is 0 Å². The molecule has 0 saturated carbocycles. The topological polar surface area (TPSA) is 58.4 Å². The maximum Gasteiger partial charge on any atom is 0.274 e. The fourth-order valence-electron chi connectivity index (χ4n) is 4.14. The Balaban J connectivity index is 1.43. The van der Waals surface area contributed by atoms with Gasteiger partial charge in [0, 0.05) is 37.4 Å². The van der Waals surface area contributed by atoms with Crippen molar-refractivity contribution in [3.8, 4) is 5.69 Å². The molecule has 1 fully saturated rings. The lowest BCUT2D eigenvalue weighted by Crippen LogP contribution is -2.49. The second kappa shape index (κ2) is 9.60. The lowest BCUT2D eigenvalue weighted by Gasteiger charge is -2.38. The normalized spacial score (nSPS) is 14.4. The predicted molar refractivity (Wildman–Crippen MR) is 120 cm³/mol. The van der Waals surface area contributed by atoms with Crippen LogP contribution in [0.15, 0.2) is 72.9 Å². The van der Waals surface area contributed by atoms with Gasteiger partial charge in [-0.25, -0.2) is 4.68 Å². The molecule has 0 atom stereocenters. The summed E-state index contributed by atoms with van der Waals surface area (Å²) in [4.78, 5) is 29.9. The summed E-state index contributed by atoms with van der Waals surface area (Å²) in [5.41, 5.74) is 2.10. The van der Waals surface area contributed by atoms with Crippen molar-refractivity contribution in [2.45, 2.75) is 32.2 Å². The molecular weight excluding hydrogens is 388 g/mol. The molecule has 4 rings (SSSR count). The van der Waals surface area contributed by atoms with Gasteiger partial charge >= 0.3 is 0 Å². The van der Waals surface area contributed by atoms with Gasteiger partial charge in [-0.1, -0.05) is 43.3 Å². The highest BCUT2D eigenvalue weighted by molar-refractivity contribution is 5.94. The van der Waals surface area contributed by atoms with E-state index in [1.54, 1.807) is 10.7 Å². The van der Waals surface area contributed by atoms with Crippen LogP contribution in [-0.4, -0.2) is 57.1 Å². The molecule has 2 heterocycles. The molecule has 1 aliphatic rings. The smallest absolute Gasteiger partial charge is 0.274 e. The third kappa shape index (κ3) is 4.68. The standard InChI is InChI=1S/C25H28N4O2/c1-2-16-28(25(31)23-15-19-29(26-23)22-11-7-4-8-12-22)21-13-17-27(18-14-21)24(30)20-9-5-3-6-10-20/h3-12,15,19,21H,2,13-14,16-18H2,1H3. The van der Waals surface area contributed by atoms with Crippen LogP contribution in [-0.2, 0) is 0 Å². The molecule has 31 heavy (non-hydrogen) atoms. The molecule has 6 heteroatoms. The predicted octanol–water partition coefficient (Wildman–Crippen LogP) is 4.03. The largest absolute Gasteiger partial charge is 0.338 e. The van der Waals surface area contributed by atoms with Crippen LogP contribution in [0.3, 0.4) is 0 Å². The number of nitrogens with zero attached hydrogens (tertiary/aromatic N) is 4. The molecule has 2 aromatic carbocycles. The molecule has 0 spiro atoms. The first-order valence-corrected chi connectivity index (χ1v) is 10.9. The number of hydrogen-bond acceptors (Lipinski definition) is 3. The van der Waals surface area contributed by atoms with Crippen molar-refractivity contribution in [1.29, 1.82) is 0 Å². The van der Waals surface area contributed by atoms with E-state index in [9.17, 15) is 9.59 Å². The molecule has 0 N–H and O–H groups in total. The van der Waals surface area contributed by atoms with Crippen molar-refractivity contribution in [3.63, 3.8) is 0 Å². The number of amides is 2. The van der Waals surface area contributed by atoms with Gasteiger partial charge < -0.3 is 9.80 Å². The fraction of sp³-hybridized carbons (Fsp3) is 0.320. The maximum absolute atomic E-state index is 13.3. The zero-order valence-electron chi connectivity index (χ0n) is 17.9. The summed E-state index contributed by atoms with van der Waals surface area (Å²) >= 11 is 0. The third-order valence-corrected chi connectivity index (χ3v) is 5.77. The zero-order chi connectivity index (χ0) is 21.6. The van der Waals surface area contributed by atoms with Gasteiger partial charge in [0.1, 0.15) is 0 Å². The van der Waals surface area contributed by atoms with Crippen LogP contribution in [0.5, 0.6) is 0 Å². The number of para-hydroxylation sites is 1. The summed E-state index contributed by atoms with van der Waals surface area (Å²) in [6.45, 7) is 4.08. The van der Waals surface area contributed by atoms with Gasteiger partial charge in [-0.05, 0) is 49.6 Å². The molecule has 2 amide bonds. The Labute approximate surface area is 183 Å². The summed E-state index contributed by atoms with van der Waals surface area (Å²) in [6, 6.07) is 21.1. The van der Waals surface area contributed by atoms with Gasteiger partial charge in [0.2, 0.25) is 0 Å². The first-order valence-electron chi connectivity index (χ1n) is 10.9. The van der Waals surface area contributed by atoms with Gasteiger partial charge in [-0.15, -0.1) is 0 Å². The summed E-state index contributed by atoms with van der Waals surface area (Å²) in [6.07, 6.45) is 4.27. The van der Waals surface area contributed by atoms with Crippen LogP contribution in [0.2, 0.25) is 0 Å². The third-order valence-electron chi connectivity index (χ3n) is 5.77. The van der Waals surface area contributed by atoms with Crippen molar-refractivity contribution < 1.29 is 9.59 Å². The van der Waals surface area contributed by atoms with Gasteiger partial charge in [0.15, 0.2) is 5.69 Å². The number of carbonyl (C=O) groups is 2. The second-order valence-electron chi connectivity index (χ2n) is 7.87. The number of benzene rings is 2. The number of rotatable bonds is 6. The highest BCUT2D eigenvalue weighted by Gasteiger charge is 2.31. The molecule has 0 unspecified atom stereocenters. The summed E-state index contributed by atoms with van der Waals surface area (Å²) in [5, 5.41) is 4.52. The number of carbonyl (C=O) groups excluding carboxylic acids is 2. The highest BCUT2D eigenvalue weighted by Crippen LogP contribution is 2.21. The van der Waals surface area contributed by atoms with Crippen molar-refractivity contribution in [2.24, 2.45) is 0 Å². The molecule has 0 bridgehead atoms. The van der Waals surface area contributed by atoms with E-state index in [-0.39, 0.29) is 17.9 Å². The average molecular weight is 417 g/mol. The van der Waals surface area contributed by atoms with Crippen LogP contribution in [0.1, 0.15) is 47.0 Å². The van der Waals surface area contributed by atoms with Gasteiger partial charge in [0.05, 0.1) is 5.69 Å². The van der Waals surface area contributed by atoms with Crippen LogP contribution >= 0.6 is 0 Å². The van der Waals surface area contributed by atoms with Gasteiger partial charge in [-0.2, -0.15) is 5.10 Å². The lowest BCUT2D eigenvalue weighted by molar-refractivity contribution is 0.0515. The van der Waals surface area contributed by atoms with Crippen LogP contribution in [0.4, 0.5) is 0 Å². The number of piperidine rings is 1. The van der Waals surface area contributed by atoms with E-state index in [2.05, 4.69) is 12.0 Å². The minimum absolute atomic E-state index is 0.0376.